The first-order valence-corrected chi connectivity index (χ1v) is 9.97. The molecule has 1 heterocycles. The highest BCUT2D eigenvalue weighted by atomic mass is 32.2. The number of hydroxylamine groups is 2. The number of aromatic hydroxyl groups is 1. The number of ether oxygens (including phenoxy) is 1. The molecule has 0 saturated carbocycles. The predicted molar refractivity (Wildman–Crippen MR) is 103 cm³/mol. The van der Waals surface area contributed by atoms with Crippen LogP contribution in [-0.4, -0.2) is 46.9 Å². The molecule has 144 valence electrons. The van der Waals surface area contributed by atoms with Crippen LogP contribution < -0.4 is 0 Å². The molecule has 1 aliphatic heterocycles. The van der Waals surface area contributed by atoms with Gasteiger partial charge in [-0.3, -0.25) is 0 Å². The van der Waals surface area contributed by atoms with E-state index in [2.05, 4.69) is 12.1 Å². The van der Waals surface area contributed by atoms with Crippen LogP contribution in [0.1, 0.15) is 23.5 Å². The van der Waals surface area contributed by atoms with Crippen LogP contribution in [0.3, 0.4) is 0 Å². The summed E-state index contributed by atoms with van der Waals surface area (Å²) in [4.78, 5) is 16.9. The van der Waals surface area contributed by atoms with Crippen molar-refractivity contribution in [2.75, 3.05) is 19.3 Å². The molecule has 0 spiro atoms. The summed E-state index contributed by atoms with van der Waals surface area (Å²) in [5.74, 6) is 0.321. The zero-order valence-corrected chi connectivity index (χ0v) is 15.9. The van der Waals surface area contributed by atoms with E-state index in [4.69, 9.17) is 14.7 Å². The molecular weight excluding hydrogens is 366 g/mol. The van der Waals surface area contributed by atoms with Crippen LogP contribution >= 0.6 is 11.8 Å². The van der Waals surface area contributed by atoms with Crippen molar-refractivity contribution in [3.8, 4) is 5.75 Å². The summed E-state index contributed by atoms with van der Waals surface area (Å²) in [7, 11) is 0. The standard InChI is InChI=1S/C20H23NO5S/c1-27-17-8-2-14(3-9-17)13-25-19-12-21(26-20(23)24)11-10-18(19)15-4-6-16(22)7-5-15/h2-9,18-19,22H,10-13H2,1H3,(H,23,24). The van der Waals surface area contributed by atoms with E-state index < -0.39 is 6.16 Å². The lowest BCUT2D eigenvalue weighted by Gasteiger charge is -2.36. The number of hydrogen-bond acceptors (Lipinski definition) is 6. The first-order chi connectivity index (χ1) is 13.0. The van der Waals surface area contributed by atoms with Crippen molar-refractivity contribution in [1.29, 1.82) is 0 Å². The molecule has 3 rings (SSSR count). The van der Waals surface area contributed by atoms with Gasteiger partial charge in [0.05, 0.1) is 19.3 Å². The van der Waals surface area contributed by atoms with Gasteiger partial charge in [-0.15, -0.1) is 16.8 Å². The number of carbonyl (C=O) groups is 1. The van der Waals surface area contributed by atoms with Crippen LogP contribution in [0.15, 0.2) is 53.4 Å². The Morgan fingerprint density at radius 2 is 1.89 bits per heavy atom. The molecule has 0 bridgehead atoms. The predicted octanol–water partition coefficient (Wildman–Crippen LogP) is 4.10. The summed E-state index contributed by atoms with van der Waals surface area (Å²) < 4.78 is 6.17. The second kappa shape index (κ2) is 9.12. The number of benzene rings is 2. The van der Waals surface area contributed by atoms with E-state index in [-0.39, 0.29) is 17.8 Å². The normalized spacial score (nSPS) is 20.3. The van der Waals surface area contributed by atoms with Crippen molar-refractivity contribution in [3.63, 3.8) is 0 Å². The summed E-state index contributed by atoms with van der Waals surface area (Å²) in [5.41, 5.74) is 2.12. The molecule has 1 fully saturated rings. The third-order valence-corrected chi connectivity index (χ3v) is 5.42. The number of rotatable bonds is 6. The van der Waals surface area contributed by atoms with E-state index in [1.54, 1.807) is 23.9 Å². The lowest BCUT2D eigenvalue weighted by Crippen LogP contribution is -2.44. The first kappa shape index (κ1) is 19.5. The summed E-state index contributed by atoms with van der Waals surface area (Å²) >= 11 is 1.69. The minimum absolute atomic E-state index is 0.102. The molecule has 0 amide bonds. The lowest BCUT2D eigenvalue weighted by molar-refractivity contribution is -0.166. The Morgan fingerprint density at radius 1 is 1.19 bits per heavy atom. The van der Waals surface area contributed by atoms with Gasteiger partial charge in [-0.2, -0.15) is 0 Å². The van der Waals surface area contributed by atoms with Gasteiger partial charge in [0, 0.05) is 17.4 Å². The summed E-state index contributed by atoms with van der Waals surface area (Å²) in [6.07, 6.45) is 1.20. The largest absolute Gasteiger partial charge is 0.525 e. The van der Waals surface area contributed by atoms with E-state index in [1.165, 1.54) is 9.96 Å². The molecule has 27 heavy (non-hydrogen) atoms. The Labute approximate surface area is 162 Å². The fourth-order valence-electron chi connectivity index (χ4n) is 3.28. The van der Waals surface area contributed by atoms with E-state index in [1.807, 2.05) is 30.5 Å². The summed E-state index contributed by atoms with van der Waals surface area (Å²) in [5, 5.41) is 19.8. The van der Waals surface area contributed by atoms with Crippen LogP contribution in [0.2, 0.25) is 0 Å². The molecular formula is C20H23NO5S. The van der Waals surface area contributed by atoms with Crippen molar-refractivity contribution in [2.24, 2.45) is 0 Å². The van der Waals surface area contributed by atoms with Gasteiger partial charge >= 0.3 is 6.16 Å². The molecule has 1 saturated heterocycles. The van der Waals surface area contributed by atoms with E-state index in [0.29, 0.717) is 26.1 Å². The highest BCUT2D eigenvalue weighted by molar-refractivity contribution is 7.98. The fourth-order valence-corrected chi connectivity index (χ4v) is 3.69. The topological polar surface area (TPSA) is 79.2 Å². The maximum Gasteiger partial charge on any atom is 0.525 e. The SMILES string of the molecule is CSc1ccc(COC2CN(OC(=O)O)CCC2c2ccc(O)cc2)cc1. The number of nitrogens with zero attached hydrogens (tertiary/aromatic N) is 1. The minimum Gasteiger partial charge on any atom is -0.508 e. The first-order valence-electron chi connectivity index (χ1n) is 8.74. The second-order valence-electron chi connectivity index (χ2n) is 6.43. The zero-order chi connectivity index (χ0) is 19.2. The Bertz CT molecular complexity index is 750. The maximum absolute atomic E-state index is 10.9. The van der Waals surface area contributed by atoms with Gasteiger partial charge in [0.15, 0.2) is 0 Å². The molecule has 0 aliphatic carbocycles. The molecule has 6 nitrogen and oxygen atoms in total. The van der Waals surface area contributed by atoms with Gasteiger partial charge in [-0.25, -0.2) is 4.79 Å². The summed E-state index contributed by atoms with van der Waals surface area (Å²) in [6.45, 7) is 1.30. The molecule has 1 aliphatic rings. The Kier molecular flexibility index (Phi) is 6.60. The third kappa shape index (κ3) is 5.38. The zero-order valence-electron chi connectivity index (χ0n) is 15.1. The number of carboxylic acid groups (broad SMARTS) is 1. The number of phenols is 1. The molecule has 2 atom stereocenters. The quantitative estimate of drug-likeness (QED) is 0.720. The Hall–Kier alpha value is -2.22. The maximum atomic E-state index is 10.9. The molecule has 2 N–H and O–H groups in total. The van der Waals surface area contributed by atoms with Crippen molar-refractivity contribution in [1.82, 2.24) is 5.06 Å². The van der Waals surface area contributed by atoms with Crippen molar-refractivity contribution in [3.05, 3.63) is 59.7 Å². The van der Waals surface area contributed by atoms with Crippen molar-refractivity contribution < 1.29 is 24.6 Å². The fraction of sp³-hybridized carbons (Fsp3) is 0.350. The van der Waals surface area contributed by atoms with Crippen LogP contribution in [0.5, 0.6) is 5.75 Å². The van der Waals surface area contributed by atoms with Gasteiger partial charge in [0.1, 0.15) is 5.75 Å². The molecule has 7 heteroatoms. The Balaban J connectivity index is 1.71. The number of piperidine rings is 1. The van der Waals surface area contributed by atoms with Crippen LogP contribution in [0.4, 0.5) is 4.79 Å². The molecule has 0 radical (unpaired) electrons. The molecule has 2 unspecified atom stereocenters. The number of thioether (sulfide) groups is 1. The second-order valence-corrected chi connectivity index (χ2v) is 7.31. The van der Waals surface area contributed by atoms with Crippen molar-refractivity contribution in [2.45, 2.75) is 29.9 Å². The lowest BCUT2D eigenvalue weighted by atomic mass is 9.87. The average Bonchev–Trinajstić information content (AvgIpc) is 2.67. The van der Waals surface area contributed by atoms with Crippen LogP contribution in [0, 0.1) is 0 Å². The molecule has 0 aromatic heterocycles. The molecule has 2 aromatic carbocycles. The molecule has 2 aromatic rings. The Morgan fingerprint density at radius 3 is 2.52 bits per heavy atom. The van der Waals surface area contributed by atoms with Gasteiger partial charge in [0.25, 0.3) is 0 Å². The van der Waals surface area contributed by atoms with Gasteiger partial charge in [0.2, 0.25) is 0 Å². The van der Waals surface area contributed by atoms with Crippen LogP contribution in [0.25, 0.3) is 0 Å². The monoisotopic (exact) mass is 389 g/mol. The van der Waals surface area contributed by atoms with E-state index >= 15 is 0 Å². The van der Waals surface area contributed by atoms with Crippen LogP contribution in [-0.2, 0) is 16.2 Å². The van der Waals surface area contributed by atoms with Gasteiger partial charge in [-0.05, 0) is 48.1 Å². The summed E-state index contributed by atoms with van der Waals surface area (Å²) in [6, 6.07) is 15.3. The highest BCUT2D eigenvalue weighted by Crippen LogP contribution is 2.32. The highest BCUT2D eigenvalue weighted by Gasteiger charge is 2.33. The van der Waals surface area contributed by atoms with E-state index in [0.717, 1.165) is 11.1 Å². The van der Waals surface area contributed by atoms with Gasteiger partial charge in [-0.1, -0.05) is 24.3 Å². The third-order valence-electron chi connectivity index (χ3n) is 4.67. The minimum atomic E-state index is -1.32. The van der Waals surface area contributed by atoms with Crippen molar-refractivity contribution >= 4 is 17.9 Å². The smallest absolute Gasteiger partial charge is 0.508 e. The average molecular weight is 389 g/mol. The number of hydrogen-bond donors (Lipinski definition) is 2. The number of phenolic OH excluding ortho intramolecular Hbond substituents is 1. The van der Waals surface area contributed by atoms with Gasteiger partial charge < -0.3 is 19.8 Å². The van der Waals surface area contributed by atoms with E-state index in [9.17, 15) is 9.90 Å².